The van der Waals surface area contributed by atoms with Gasteiger partial charge in [0.05, 0.1) is 13.0 Å². The second-order valence-electron chi connectivity index (χ2n) is 4.67. The highest BCUT2D eigenvalue weighted by Gasteiger charge is 2.34. The molecule has 0 radical (unpaired) electrons. The standard InChI is InChI=1S/C11H19NO4/c1-11(2,15)10(14)12-6-4-5-8(7-12)9(13)16-3/h8,15H,4-7H2,1-3H3. The average Bonchev–Trinajstić information content (AvgIpc) is 2.26. The summed E-state index contributed by atoms with van der Waals surface area (Å²) in [5.74, 6) is -0.876. The number of carbonyl (C=O) groups is 2. The van der Waals surface area contributed by atoms with Crippen LogP contribution in [0.4, 0.5) is 0 Å². The Bertz CT molecular complexity index is 282. The number of piperidine rings is 1. The molecule has 0 aromatic heterocycles. The van der Waals surface area contributed by atoms with Gasteiger partial charge in [-0.05, 0) is 26.7 Å². The molecule has 16 heavy (non-hydrogen) atoms. The molecule has 1 amide bonds. The molecule has 1 fully saturated rings. The van der Waals surface area contributed by atoms with Crippen LogP contribution in [0.15, 0.2) is 0 Å². The lowest BCUT2D eigenvalue weighted by Gasteiger charge is -2.34. The van der Waals surface area contributed by atoms with Crippen molar-refractivity contribution in [2.75, 3.05) is 20.2 Å². The van der Waals surface area contributed by atoms with Crippen molar-refractivity contribution in [2.24, 2.45) is 5.92 Å². The first-order valence-electron chi connectivity index (χ1n) is 5.46. The van der Waals surface area contributed by atoms with Crippen LogP contribution in [-0.4, -0.2) is 47.7 Å². The van der Waals surface area contributed by atoms with Gasteiger partial charge in [-0.3, -0.25) is 9.59 Å². The molecular formula is C11H19NO4. The number of hydrogen-bond donors (Lipinski definition) is 1. The van der Waals surface area contributed by atoms with E-state index in [-0.39, 0.29) is 17.8 Å². The Kier molecular flexibility index (Phi) is 3.91. The Hall–Kier alpha value is -1.10. The van der Waals surface area contributed by atoms with Gasteiger partial charge in [-0.25, -0.2) is 0 Å². The second kappa shape index (κ2) is 4.82. The van der Waals surface area contributed by atoms with Crippen molar-refractivity contribution in [2.45, 2.75) is 32.3 Å². The number of methoxy groups -OCH3 is 1. The van der Waals surface area contributed by atoms with E-state index in [0.29, 0.717) is 13.1 Å². The van der Waals surface area contributed by atoms with Crippen molar-refractivity contribution in [1.82, 2.24) is 4.90 Å². The molecule has 0 aromatic carbocycles. The molecule has 1 aliphatic heterocycles. The number of esters is 1. The molecule has 0 aromatic rings. The van der Waals surface area contributed by atoms with Gasteiger partial charge >= 0.3 is 5.97 Å². The summed E-state index contributed by atoms with van der Waals surface area (Å²) in [5.41, 5.74) is -1.38. The van der Waals surface area contributed by atoms with Crippen molar-refractivity contribution < 1.29 is 19.4 Å². The van der Waals surface area contributed by atoms with Crippen molar-refractivity contribution in [3.63, 3.8) is 0 Å². The van der Waals surface area contributed by atoms with Crippen LogP contribution >= 0.6 is 0 Å². The fourth-order valence-electron chi connectivity index (χ4n) is 1.91. The summed E-state index contributed by atoms with van der Waals surface area (Å²) in [6.45, 7) is 3.85. The lowest BCUT2D eigenvalue weighted by Crippen LogP contribution is -2.50. The number of likely N-dealkylation sites (tertiary alicyclic amines) is 1. The molecule has 1 rings (SSSR count). The third-order valence-corrected chi connectivity index (χ3v) is 2.77. The third kappa shape index (κ3) is 2.95. The summed E-state index contributed by atoms with van der Waals surface area (Å²) in [5, 5.41) is 9.61. The fraction of sp³-hybridized carbons (Fsp3) is 0.818. The third-order valence-electron chi connectivity index (χ3n) is 2.77. The SMILES string of the molecule is COC(=O)C1CCCN(C(=O)C(C)(C)O)C1. The fourth-order valence-corrected chi connectivity index (χ4v) is 1.91. The number of carbonyl (C=O) groups excluding carboxylic acids is 2. The Morgan fingerprint density at radius 1 is 1.44 bits per heavy atom. The van der Waals surface area contributed by atoms with Crippen LogP contribution in [0.3, 0.4) is 0 Å². The van der Waals surface area contributed by atoms with Crippen molar-refractivity contribution in [1.29, 1.82) is 0 Å². The Morgan fingerprint density at radius 2 is 2.06 bits per heavy atom. The minimum absolute atomic E-state index is 0.259. The topological polar surface area (TPSA) is 66.8 Å². The Morgan fingerprint density at radius 3 is 2.56 bits per heavy atom. The Balaban J connectivity index is 2.64. The minimum Gasteiger partial charge on any atom is -0.469 e. The van der Waals surface area contributed by atoms with E-state index in [1.54, 1.807) is 0 Å². The highest BCUT2D eigenvalue weighted by Crippen LogP contribution is 2.20. The van der Waals surface area contributed by atoms with Gasteiger partial charge in [0.2, 0.25) is 0 Å². The summed E-state index contributed by atoms with van der Waals surface area (Å²) >= 11 is 0. The first-order valence-corrected chi connectivity index (χ1v) is 5.46. The summed E-state index contributed by atoms with van der Waals surface area (Å²) < 4.78 is 4.66. The first-order chi connectivity index (χ1) is 7.36. The summed E-state index contributed by atoms with van der Waals surface area (Å²) in [7, 11) is 1.35. The maximum atomic E-state index is 11.8. The van der Waals surface area contributed by atoms with Crippen LogP contribution in [0.5, 0.6) is 0 Å². The predicted molar refractivity (Wildman–Crippen MR) is 57.6 cm³/mol. The normalized spacial score (nSPS) is 21.8. The lowest BCUT2D eigenvalue weighted by atomic mass is 9.96. The zero-order chi connectivity index (χ0) is 12.3. The van der Waals surface area contributed by atoms with E-state index < -0.39 is 5.60 Å². The number of aliphatic hydroxyl groups is 1. The molecule has 0 spiro atoms. The quantitative estimate of drug-likeness (QED) is 0.685. The molecule has 1 unspecified atom stereocenters. The molecule has 1 atom stereocenters. The van der Waals surface area contributed by atoms with Gasteiger partial charge in [0.15, 0.2) is 0 Å². The van der Waals surface area contributed by atoms with E-state index in [2.05, 4.69) is 4.74 Å². The number of ether oxygens (including phenoxy) is 1. The molecule has 92 valence electrons. The van der Waals surface area contributed by atoms with E-state index >= 15 is 0 Å². The molecule has 0 bridgehead atoms. The Labute approximate surface area is 95.4 Å². The number of amides is 1. The van der Waals surface area contributed by atoms with Gasteiger partial charge < -0.3 is 14.7 Å². The van der Waals surface area contributed by atoms with Crippen LogP contribution < -0.4 is 0 Å². The highest BCUT2D eigenvalue weighted by molar-refractivity contribution is 5.85. The largest absolute Gasteiger partial charge is 0.469 e. The smallest absolute Gasteiger partial charge is 0.310 e. The number of hydrogen-bond acceptors (Lipinski definition) is 4. The molecule has 0 aliphatic carbocycles. The molecular weight excluding hydrogens is 210 g/mol. The van der Waals surface area contributed by atoms with E-state index in [1.165, 1.54) is 25.9 Å². The predicted octanol–water partition coefficient (Wildman–Crippen LogP) is 0.169. The van der Waals surface area contributed by atoms with E-state index in [1.807, 2.05) is 0 Å². The maximum absolute atomic E-state index is 11.8. The zero-order valence-electron chi connectivity index (χ0n) is 10.0. The second-order valence-corrected chi connectivity index (χ2v) is 4.67. The average molecular weight is 229 g/mol. The lowest BCUT2D eigenvalue weighted by molar-refractivity contribution is -0.154. The molecule has 1 saturated heterocycles. The van der Waals surface area contributed by atoms with Crippen molar-refractivity contribution in [3.8, 4) is 0 Å². The molecule has 5 nitrogen and oxygen atoms in total. The van der Waals surface area contributed by atoms with Gasteiger partial charge in [-0.2, -0.15) is 0 Å². The van der Waals surface area contributed by atoms with Crippen molar-refractivity contribution >= 4 is 11.9 Å². The molecule has 1 heterocycles. The zero-order valence-corrected chi connectivity index (χ0v) is 10.0. The number of nitrogens with zero attached hydrogens (tertiary/aromatic N) is 1. The van der Waals surface area contributed by atoms with Crippen LogP contribution in [0.1, 0.15) is 26.7 Å². The van der Waals surface area contributed by atoms with E-state index in [4.69, 9.17) is 0 Å². The van der Waals surface area contributed by atoms with E-state index in [9.17, 15) is 14.7 Å². The highest BCUT2D eigenvalue weighted by atomic mass is 16.5. The van der Waals surface area contributed by atoms with E-state index in [0.717, 1.165) is 12.8 Å². The monoisotopic (exact) mass is 229 g/mol. The van der Waals surface area contributed by atoms with Gasteiger partial charge in [0.1, 0.15) is 5.60 Å². The van der Waals surface area contributed by atoms with Crippen LogP contribution in [0, 0.1) is 5.92 Å². The maximum Gasteiger partial charge on any atom is 0.310 e. The van der Waals surface area contributed by atoms with Crippen molar-refractivity contribution in [3.05, 3.63) is 0 Å². The molecule has 1 aliphatic rings. The van der Waals surface area contributed by atoms with Crippen LogP contribution in [0.25, 0.3) is 0 Å². The minimum atomic E-state index is -1.38. The summed E-state index contributed by atoms with van der Waals surface area (Å²) in [6, 6.07) is 0. The summed E-state index contributed by atoms with van der Waals surface area (Å²) in [4.78, 5) is 24.7. The van der Waals surface area contributed by atoms with Crippen LogP contribution in [0.2, 0.25) is 0 Å². The first kappa shape index (κ1) is 13.0. The van der Waals surface area contributed by atoms with Gasteiger partial charge in [-0.1, -0.05) is 0 Å². The van der Waals surface area contributed by atoms with Gasteiger partial charge in [0.25, 0.3) is 5.91 Å². The molecule has 0 saturated carbocycles. The van der Waals surface area contributed by atoms with Gasteiger partial charge in [-0.15, -0.1) is 0 Å². The van der Waals surface area contributed by atoms with Crippen LogP contribution in [-0.2, 0) is 14.3 Å². The number of rotatable bonds is 2. The summed E-state index contributed by atoms with van der Waals surface area (Å²) in [6.07, 6.45) is 1.50. The molecule has 5 heteroatoms. The van der Waals surface area contributed by atoms with Gasteiger partial charge in [0, 0.05) is 13.1 Å². The molecule has 1 N–H and O–H groups in total.